The van der Waals surface area contributed by atoms with E-state index in [1.54, 1.807) is 0 Å². The highest BCUT2D eigenvalue weighted by atomic mass is 16.3. The summed E-state index contributed by atoms with van der Waals surface area (Å²) >= 11 is 0. The SMILES string of the molecule is c1ccc2cc(-c3c4ccccc4c(-c4cc(-c5c6ccccc6cc6c5oc5ccccc56)cc(-c5c6ccccc6cc6c5oc5ccccc56)c4)c4ccccc34)ccc2c1. The zero-order valence-electron chi connectivity index (χ0n) is 34.6. The number of benzene rings is 12. The van der Waals surface area contributed by atoms with Crippen LogP contribution in [0.5, 0.6) is 0 Å². The predicted octanol–water partition coefficient (Wildman–Crippen LogP) is 17.9. The minimum absolute atomic E-state index is 0.879. The summed E-state index contributed by atoms with van der Waals surface area (Å²) in [6.07, 6.45) is 0. The molecule has 0 unspecified atom stereocenters. The molecule has 0 aliphatic rings. The van der Waals surface area contributed by atoms with Crippen molar-refractivity contribution in [2.45, 2.75) is 0 Å². The minimum atomic E-state index is 0.879. The van der Waals surface area contributed by atoms with Crippen molar-refractivity contribution in [1.29, 1.82) is 0 Å². The summed E-state index contributed by atoms with van der Waals surface area (Å²) in [6.45, 7) is 0. The second-order valence-electron chi connectivity index (χ2n) is 17.1. The molecule has 0 saturated carbocycles. The molecule has 2 heteroatoms. The molecular formula is C62H36O2. The molecule has 2 aromatic heterocycles. The first-order valence-corrected chi connectivity index (χ1v) is 22.0. The van der Waals surface area contributed by atoms with Crippen molar-refractivity contribution in [1.82, 2.24) is 0 Å². The molecule has 0 fully saturated rings. The van der Waals surface area contributed by atoms with Gasteiger partial charge in [-0.05, 0) is 136 Å². The lowest BCUT2D eigenvalue weighted by Gasteiger charge is -2.20. The molecule has 0 spiro atoms. The van der Waals surface area contributed by atoms with Gasteiger partial charge in [0.25, 0.3) is 0 Å². The zero-order valence-corrected chi connectivity index (χ0v) is 34.6. The van der Waals surface area contributed by atoms with E-state index in [9.17, 15) is 0 Å². The van der Waals surface area contributed by atoms with Gasteiger partial charge >= 0.3 is 0 Å². The maximum absolute atomic E-state index is 6.93. The van der Waals surface area contributed by atoms with E-state index in [2.05, 4.69) is 218 Å². The Labute approximate surface area is 367 Å². The largest absolute Gasteiger partial charge is 0.455 e. The zero-order chi connectivity index (χ0) is 41.9. The third-order valence-electron chi connectivity index (χ3n) is 13.6. The molecule has 0 N–H and O–H groups in total. The van der Waals surface area contributed by atoms with Crippen LogP contribution in [0.4, 0.5) is 0 Å². The number of para-hydroxylation sites is 2. The van der Waals surface area contributed by atoms with Gasteiger partial charge in [0.05, 0.1) is 0 Å². The molecule has 14 aromatic rings. The van der Waals surface area contributed by atoms with Gasteiger partial charge in [-0.2, -0.15) is 0 Å². The van der Waals surface area contributed by atoms with E-state index in [0.717, 1.165) is 82.5 Å². The fourth-order valence-electron chi connectivity index (χ4n) is 10.8. The summed E-state index contributed by atoms with van der Waals surface area (Å²) in [5, 5.41) is 16.4. The molecule has 12 aromatic carbocycles. The van der Waals surface area contributed by atoms with Crippen LogP contribution in [0.3, 0.4) is 0 Å². The Hall–Kier alpha value is -8.46. The van der Waals surface area contributed by atoms with E-state index >= 15 is 0 Å². The lowest BCUT2D eigenvalue weighted by Crippen LogP contribution is -1.93. The topological polar surface area (TPSA) is 26.3 Å². The molecule has 0 saturated heterocycles. The van der Waals surface area contributed by atoms with Crippen LogP contribution in [0.2, 0.25) is 0 Å². The van der Waals surface area contributed by atoms with Gasteiger partial charge in [0.2, 0.25) is 0 Å². The molecule has 0 amide bonds. The van der Waals surface area contributed by atoms with Gasteiger partial charge in [-0.1, -0.05) is 170 Å². The van der Waals surface area contributed by atoms with E-state index in [4.69, 9.17) is 8.83 Å². The molecule has 0 radical (unpaired) electrons. The fraction of sp³-hybridized carbons (Fsp3) is 0. The highest BCUT2D eigenvalue weighted by Crippen LogP contribution is 2.50. The van der Waals surface area contributed by atoms with E-state index in [0.29, 0.717) is 0 Å². The minimum Gasteiger partial charge on any atom is -0.455 e. The normalized spacial score (nSPS) is 12.1. The second kappa shape index (κ2) is 13.5. The molecule has 0 atom stereocenters. The van der Waals surface area contributed by atoms with Gasteiger partial charge in [-0.3, -0.25) is 0 Å². The van der Waals surface area contributed by atoms with Crippen LogP contribution in [-0.2, 0) is 0 Å². The fourth-order valence-corrected chi connectivity index (χ4v) is 10.8. The van der Waals surface area contributed by atoms with Gasteiger partial charge in [-0.25, -0.2) is 0 Å². The van der Waals surface area contributed by atoms with Gasteiger partial charge < -0.3 is 8.83 Å². The van der Waals surface area contributed by atoms with Crippen LogP contribution in [-0.4, -0.2) is 0 Å². The summed E-state index contributed by atoms with van der Waals surface area (Å²) in [5.74, 6) is 0. The Balaban J connectivity index is 1.15. The number of furan rings is 2. The van der Waals surface area contributed by atoms with Crippen molar-refractivity contribution in [2.75, 3.05) is 0 Å². The Kier molecular flexibility index (Phi) is 7.43. The number of hydrogen-bond acceptors (Lipinski definition) is 2. The highest BCUT2D eigenvalue weighted by Gasteiger charge is 2.24. The van der Waals surface area contributed by atoms with Crippen LogP contribution >= 0.6 is 0 Å². The van der Waals surface area contributed by atoms with E-state index in [-0.39, 0.29) is 0 Å². The maximum Gasteiger partial charge on any atom is 0.143 e. The molecule has 14 rings (SSSR count). The van der Waals surface area contributed by atoms with E-state index in [1.807, 2.05) is 0 Å². The second-order valence-corrected chi connectivity index (χ2v) is 17.1. The maximum atomic E-state index is 6.93. The Morgan fingerprint density at radius 2 is 0.562 bits per heavy atom. The van der Waals surface area contributed by atoms with Gasteiger partial charge in [-0.15, -0.1) is 0 Å². The Morgan fingerprint density at radius 1 is 0.203 bits per heavy atom. The summed E-state index contributed by atoms with van der Waals surface area (Å²) < 4.78 is 13.9. The smallest absolute Gasteiger partial charge is 0.143 e. The third kappa shape index (κ3) is 5.14. The molecule has 2 nitrogen and oxygen atoms in total. The molecule has 0 bridgehead atoms. The van der Waals surface area contributed by atoms with Crippen LogP contribution in [0, 0.1) is 0 Å². The van der Waals surface area contributed by atoms with Gasteiger partial charge in [0.1, 0.15) is 22.3 Å². The van der Waals surface area contributed by atoms with Crippen LogP contribution < -0.4 is 0 Å². The van der Waals surface area contributed by atoms with E-state index in [1.165, 1.54) is 59.8 Å². The first kappa shape index (κ1) is 35.2. The summed E-state index contributed by atoms with van der Waals surface area (Å²) in [5.41, 5.74) is 12.6. The molecule has 0 aliphatic heterocycles. The quantitative estimate of drug-likeness (QED) is 0.166. The standard InChI is InChI=1S/C62H36O2/c1-2-16-38-31-41(30-29-37(38)15-1)57-49-23-7-9-25-51(49)58(52-26-10-8-24-50(52)57)42-32-43(59-45-19-5-3-17-39(45)35-53-47-21-11-13-27-55(47)63-61(53)59)34-44(33-42)60-46-20-6-4-18-40(46)36-54-48-22-12-14-28-56(48)64-62(54)60/h1-36H. The molecule has 2 heterocycles. The van der Waals surface area contributed by atoms with Gasteiger partial charge in [0, 0.05) is 32.7 Å². The highest BCUT2D eigenvalue weighted by molar-refractivity contribution is 6.24. The number of rotatable bonds is 4. The molecule has 0 aliphatic carbocycles. The van der Waals surface area contributed by atoms with E-state index < -0.39 is 0 Å². The monoisotopic (exact) mass is 812 g/mol. The van der Waals surface area contributed by atoms with Crippen LogP contribution in [0.1, 0.15) is 0 Å². The van der Waals surface area contributed by atoms with Crippen molar-refractivity contribution in [3.8, 4) is 44.5 Å². The average molecular weight is 813 g/mol. The Morgan fingerprint density at radius 3 is 1.05 bits per heavy atom. The molecule has 64 heavy (non-hydrogen) atoms. The number of fused-ring (bicyclic) bond motifs is 11. The lowest BCUT2D eigenvalue weighted by molar-refractivity contribution is 0.670. The van der Waals surface area contributed by atoms with Crippen molar-refractivity contribution in [3.63, 3.8) is 0 Å². The first-order valence-electron chi connectivity index (χ1n) is 22.0. The van der Waals surface area contributed by atoms with Crippen LogP contribution in [0.25, 0.3) is 142 Å². The molecular weight excluding hydrogens is 777 g/mol. The average Bonchev–Trinajstić information content (AvgIpc) is 3.91. The first-order chi connectivity index (χ1) is 31.7. The van der Waals surface area contributed by atoms with Crippen molar-refractivity contribution in [2.24, 2.45) is 0 Å². The van der Waals surface area contributed by atoms with Gasteiger partial charge in [0.15, 0.2) is 0 Å². The summed E-state index contributed by atoms with van der Waals surface area (Å²) in [6, 6.07) is 79.5. The third-order valence-corrected chi connectivity index (χ3v) is 13.6. The predicted molar refractivity (Wildman–Crippen MR) is 270 cm³/mol. The van der Waals surface area contributed by atoms with Crippen molar-refractivity contribution < 1.29 is 8.83 Å². The van der Waals surface area contributed by atoms with Crippen LogP contribution in [0.15, 0.2) is 227 Å². The lowest BCUT2D eigenvalue weighted by atomic mass is 9.83. The molecule has 296 valence electrons. The van der Waals surface area contributed by atoms with Crippen molar-refractivity contribution in [3.05, 3.63) is 218 Å². The van der Waals surface area contributed by atoms with Crippen molar-refractivity contribution >= 4 is 97.7 Å². The number of hydrogen-bond donors (Lipinski definition) is 0. The summed E-state index contributed by atoms with van der Waals surface area (Å²) in [4.78, 5) is 0. The summed E-state index contributed by atoms with van der Waals surface area (Å²) in [7, 11) is 0. The Bertz CT molecular complexity index is 4030.